The number of aromatic hydroxyl groups is 1. The average molecular weight is 338 g/mol. The third-order valence-corrected chi connectivity index (χ3v) is 3.05. The third kappa shape index (κ3) is 3.62. The molecule has 0 spiro atoms. The summed E-state index contributed by atoms with van der Waals surface area (Å²) in [5.41, 5.74) is 3.90. The molecule has 1 aromatic carbocycles. The van der Waals surface area contributed by atoms with Crippen molar-refractivity contribution in [2.75, 3.05) is 7.11 Å². The van der Waals surface area contributed by atoms with Crippen LogP contribution in [0.1, 0.15) is 16.8 Å². The molecular weight excluding hydrogens is 325 g/mol. The van der Waals surface area contributed by atoms with Gasteiger partial charge in [-0.05, 0) is 30.3 Å². The van der Waals surface area contributed by atoms with Crippen LogP contribution in [0.4, 0.5) is 13.2 Å². The number of pyridine rings is 1. The largest absolute Gasteiger partial charge is 0.507 e. The number of amidine groups is 2. The first kappa shape index (κ1) is 17.3. The Hall–Kier alpha value is -3.10. The molecule has 0 saturated heterocycles. The van der Waals surface area contributed by atoms with Gasteiger partial charge in [-0.15, -0.1) is 0 Å². The van der Waals surface area contributed by atoms with E-state index in [1.165, 1.54) is 25.3 Å². The van der Waals surface area contributed by atoms with E-state index in [0.717, 1.165) is 18.3 Å². The van der Waals surface area contributed by atoms with Gasteiger partial charge in [0.05, 0.1) is 18.2 Å². The van der Waals surface area contributed by atoms with Gasteiger partial charge in [0.1, 0.15) is 17.2 Å². The quantitative estimate of drug-likeness (QED) is 0.591. The van der Waals surface area contributed by atoms with Crippen molar-refractivity contribution < 1.29 is 23.0 Å². The Morgan fingerprint density at radius 2 is 2.04 bits per heavy atom. The molecule has 0 unspecified atom stereocenters. The predicted octanol–water partition coefficient (Wildman–Crippen LogP) is 2.55. The fraction of sp³-hybridized carbons (Fsp3) is 0.133. The van der Waals surface area contributed by atoms with Crippen LogP contribution in [0.5, 0.6) is 11.5 Å². The SMILES string of the molecule is COc1ccc(O)c(C(=N)N=C(N)c2ncccc2C(F)(F)F)c1. The zero-order valence-electron chi connectivity index (χ0n) is 12.4. The summed E-state index contributed by atoms with van der Waals surface area (Å²) in [6, 6.07) is 5.99. The van der Waals surface area contributed by atoms with E-state index >= 15 is 0 Å². The van der Waals surface area contributed by atoms with Gasteiger partial charge in [-0.2, -0.15) is 13.2 Å². The number of aromatic nitrogens is 1. The monoisotopic (exact) mass is 338 g/mol. The maximum atomic E-state index is 13.0. The van der Waals surface area contributed by atoms with Crippen LogP contribution in [-0.4, -0.2) is 28.9 Å². The molecule has 1 heterocycles. The van der Waals surface area contributed by atoms with Crippen molar-refractivity contribution >= 4 is 11.7 Å². The van der Waals surface area contributed by atoms with Gasteiger partial charge >= 0.3 is 6.18 Å². The molecule has 126 valence electrons. The molecule has 0 bridgehead atoms. The van der Waals surface area contributed by atoms with Crippen molar-refractivity contribution in [2.45, 2.75) is 6.18 Å². The van der Waals surface area contributed by atoms with E-state index in [1.807, 2.05) is 0 Å². The smallest absolute Gasteiger partial charge is 0.418 e. The van der Waals surface area contributed by atoms with Crippen molar-refractivity contribution in [1.29, 1.82) is 5.41 Å². The molecule has 6 nitrogen and oxygen atoms in total. The zero-order valence-corrected chi connectivity index (χ0v) is 12.4. The number of ether oxygens (including phenoxy) is 1. The number of benzene rings is 1. The molecule has 4 N–H and O–H groups in total. The number of nitrogens with one attached hydrogen (secondary N) is 1. The Balaban J connectivity index is 2.44. The number of phenols is 1. The summed E-state index contributed by atoms with van der Waals surface area (Å²) in [7, 11) is 1.39. The summed E-state index contributed by atoms with van der Waals surface area (Å²) in [6.07, 6.45) is -3.52. The first-order valence-electron chi connectivity index (χ1n) is 6.56. The molecule has 1 aromatic heterocycles. The van der Waals surface area contributed by atoms with Crippen LogP contribution in [0.3, 0.4) is 0 Å². The number of nitrogens with zero attached hydrogens (tertiary/aromatic N) is 2. The fourth-order valence-electron chi connectivity index (χ4n) is 1.90. The van der Waals surface area contributed by atoms with Crippen LogP contribution in [0.2, 0.25) is 0 Å². The van der Waals surface area contributed by atoms with E-state index in [4.69, 9.17) is 15.9 Å². The van der Waals surface area contributed by atoms with Gasteiger partial charge in [-0.3, -0.25) is 10.4 Å². The maximum absolute atomic E-state index is 13.0. The summed E-state index contributed by atoms with van der Waals surface area (Å²) in [5.74, 6) is -1.05. The lowest BCUT2D eigenvalue weighted by Crippen LogP contribution is -2.23. The number of aliphatic imine (C=N–C) groups is 1. The second kappa shape index (κ2) is 6.57. The highest BCUT2D eigenvalue weighted by Gasteiger charge is 2.34. The van der Waals surface area contributed by atoms with Gasteiger partial charge in [-0.1, -0.05) is 0 Å². The molecule has 0 fully saturated rings. The maximum Gasteiger partial charge on any atom is 0.418 e. The van der Waals surface area contributed by atoms with Crippen molar-refractivity contribution in [3.63, 3.8) is 0 Å². The van der Waals surface area contributed by atoms with Crippen LogP contribution >= 0.6 is 0 Å². The van der Waals surface area contributed by atoms with Crippen LogP contribution < -0.4 is 10.5 Å². The average Bonchev–Trinajstić information content (AvgIpc) is 2.54. The van der Waals surface area contributed by atoms with Gasteiger partial charge in [0.15, 0.2) is 11.7 Å². The lowest BCUT2D eigenvalue weighted by Gasteiger charge is -2.11. The van der Waals surface area contributed by atoms with Crippen molar-refractivity contribution in [2.24, 2.45) is 10.7 Å². The minimum absolute atomic E-state index is 0.0400. The number of methoxy groups -OCH3 is 1. The first-order valence-corrected chi connectivity index (χ1v) is 6.56. The van der Waals surface area contributed by atoms with Crippen LogP contribution in [0.25, 0.3) is 0 Å². The lowest BCUT2D eigenvalue weighted by atomic mass is 10.1. The summed E-state index contributed by atoms with van der Waals surface area (Å²) >= 11 is 0. The Morgan fingerprint density at radius 3 is 2.67 bits per heavy atom. The van der Waals surface area contributed by atoms with Crippen LogP contribution in [0.15, 0.2) is 41.5 Å². The molecule has 2 aromatic rings. The number of halogens is 3. The number of hydrogen-bond donors (Lipinski definition) is 3. The molecule has 0 saturated carbocycles. The van der Waals surface area contributed by atoms with Crippen LogP contribution in [0, 0.1) is 5.41 Å². The highest BCUT2D eigenvalue weighted by atomic mass is 19.4. The molecule has 0 aliphatic carbocycles. The predicted molar refractivity (Wildman–Crippen MR) is 81.5 cm³/mol. The fourth-order valence-corrected chi connectivity index (χ4v) is 1.90. The molecule has 0 radical (unpaired) electrons. The Bertz CT molecular complexity index is 804. The van der Waals surface area contributed by atoms with E-state index in [2.05, 4.69) is 9.98 Å². The summed E-state index contributed by atoms with van der Waals surface area (Å²) in [6.45, 7) is 0. The van der Waals surface area contributed by atoms with E-state index in [1.54, 1.807) is 0 Å². The zero-order chi connectivity index (χ0) is 17.9. The topological polar surface area (TPSA) is 105 Å². The first-order chi connectivity index (χ1) is 11.2. The molecule has 0 amide bonds. The van der Waals surface area contributed by atoms with Crippen molar-refractivity contribution in [3.8, 4) is 11.5 Å². The van der Waals surface area contributed by atoms with E-state index in [0.29, 0.717) is 5.75 Å². The standard InChI is InChI=1S/C15H13F3N4O2/c1-24-8-4-5-11(23)9(7-8)13(19)22-14(20)12-10(15(16,17)18)3-2-6-21-12/h2-7,23H,1H3,(H3,19,20,22). The third-order valence-electron chi connectivity index (χ3n) is 3.05. The summed E-state index contributed by atoms with van der Waals surface area (Å²) in [5, 5.41) is 17.6. The highest BCUT2D eigenvalue weighted by molar-refractivity contribution is 6.10. The molecular formula is C15H13F3N4O2. The van der Waals surface area contributed by atoms with E-state index in [9.17, 15) is 18.3 Å². The minimum atomic E-state index is -4.66. The minimum Gasteiger partial charge on any atom is -0.507 e. The van der Waals surface area contributed by atoms with Gasteiger partial charge < -0.3 is 15.6 Å². The molecule has 2 rings (SSSR count). The molecule has 24 heavy (non-hydrogen) atoms. The van der Waals surface area contributed by atoms with E-state index in [-0.39, 0.29) is 11.3 Å². The van der Waals surface area contributed by atoms with E-state index < -0.39 is 29.1 Å². The lowest BCUT2D eigenvalue weighted by molar-refractivity contribution is -0.137. The normalized spacial score (nSPS) is 12.1. The molecule has 0 aliphatic rings. The van der Waals surface area contributed by atoms with Gasteiger partial charge in [0.25, 0.3) is 0 Å². The van der Waals surface area contributed by atoms with Gasteiger partial charge in [0.2, 0.25) is 0 Å². The number of hydrogen-bond acceptors (Lipinski definition) is 4. The molecule has 0 aliphatic heterocycles. The Labute approximate surface area is 134 Å². The Morgan fingerprint density at radius 1 is 1.33 bits per heavy atom. The van der Waals surface area contributed by atoms with Gasteiger partial charge in [-0.25, -0.2) is 4.99 Å². The highest BCUT2D eigenvalue weighted by Crippen LogP contribution is 2.31. The number of rotatable bonds is 3. The van der Waals surface area contributed by atoms with Crippen molar-refractivity contribution in [1.82, 2.24) is 4.98 Å². The molecule has 9 heteroatoms. The van der Waals surface area contributed by atoms with Gasteiger partial charge in [0, 0.05) is 6.20 Å². The number of phenolic OH excluding ortho intramolecular Hbond substituents is 1. The van der Waals surface area contributed by atoms with Crippen LogP contribution in [-0.2, 0) is 6.18 Å². The van der Waals surface area contributed by atoms with Crippen molar-refractivity contribution in [3.05, 3.63) is 53.3 Å². The summed E-state index contributed by atoms with van der Waals surface area (Å²) < 4.78 is 43.9. The number of nitrogens with two attached hydrogens (primary N) is 1. The number of alkyl halides is 3. The molecule has 0 atom stereocenters. The second-order valence-electron chi connectivity index (χ2n) is 4.63. The Kier molecular flexibility index (Phi) is 4.72. The summed E-state index contributed by atoms with van der Waals surface area (Å²) in [4.78, 5) is 7.22. The second-order valence-corrected chi connectivity index (χ2v) is 4.63.